The molecule has 0 aliphatic heterocycles. The van der Waals surface area contributed by atoms with E-state index in [0.717, 1.165) is 11.1 Å². The van der Waals surface area contributed by atoms with Gasteiger partial charge in [0.25, 0.3) is 5.91 Å². The number of nitrogens with zero attached hydrogens (tertiary/aromatic N) is 3. The summed E-state index contributed by atoms with van der Waals surface area (Å²) in [5.74, 6) is 0.645. The number of aromatic nitrogens is 3. The first-order valence-corrected chi connectivity index (χ1v) is 9.77. The first-order valence-electron chi connectivity index (χ1n) is 9.39. The molecule has 0 spiro atoms. The highest BCUT2D eigenvalue weighted by molar-refractivity contribution is 6.30. The third kappa shape index (κ3) is 5.29. The van der Waals surface area contributed by atoms with E-state index in [1.54, 1.807) is 47.1 Å². The number of ether oxygens (including phenoxy) is 1. The van der Waals surface area contributed by atoms with Gasteiger partial charge in [0.15, 0.2) is 5.76 Å². The van der Waals surface area contributed by atoms with Crippen LogP contribution in [0.1, 0.15) is 27.4 Å². The van der Waals surface area contributed by atoms with Gasteiger partial charge in [-0.3, -0.25) is 10.1 Å². The highest BCUT2D eigenvalue weighted by atomic mass is 35.5. The van der Waals surface area contributed by atoms with Crippen molar-refractivity contribution in [2.75, 3.05) is 5.32 Å². The molecule has 1 amide bonds. The molecule has 0 atom stereocenters. The molecule has 158 valence electrons. The SMILES string of the molecule is Cc1cc(Cl)ccc1OCc1ccc(C(=O)Nc2ncn(Cc3ccc(F)cc3)n2)o1. The number of aryl methyl sites for hydroxylation is 1. The van der Waals surface area contributed by atoms with Crippen molar-refractivity contribution < 1.29 is 18.3 Å². The number of furan rings is 1. The van der Waals surface area contributed by atoms with Crippen LogP contribution in [0.3, 0.4) is 0 Å². The number of halogens is 2. The number of nitrogens with one attached hydrogen (secondary N) is 1. The molecule has 4 rings (SSSR count). The van der Waals surface area contributed by atoms with Gasteiger partial charge in [0.2, 0.25) is 5.95 Å². The van der Waals surface area contributed by atoms with Crippen LogP contribution in [0, 0.1) is 12.7 Å². The van der Waals surface area contributed by atoms with E-state index in [0.29, 0.717) is 23.1 Å². The van der Waals surface area contributed by atoms with E-state index in [-0.39, 0.29) is 24.1 Å². The summed E-state index contributed by atoms with van der Waals surface area (Å²) in [5.41, 5.74) is 1.76. The Hall–Kier alpha value is -3.65. The second-order valence-corrected chi connectivity index (χ2v) is 7.25. The Kier molecular flexibility index (Phi) is 5.99. The average molecular weight is 441 g/mol. The van der Waals surface area contributed by atoms with E-state index >= 15 is 0 Å². The molecule has 2 aromatic carbocycles. The van der Waals surface area contributed by atoms with Crippen molar-refractivity contribution in [3.63, 3.8) is 0 Å². The fraction of sp³-hybridized carbons (Fsp3) is 0.136. The number of benzene rings is 2. The minimum Gasteiger partial charge on any atom is -0.485 e. The van der Waals surface area contributed by atoms with E-state index in [9.17, 15) is 9.18 Å². The van der Waals surface area contributed by atoms with E-state index in [2.05, 4.69) is 15.4 Å². The molecule has 2 aromatic heterocycles. The van der Waals surface area contributed by atoms with Gasteiger partial charge >= 0.3 is 0 Å². The van der Waals surface area contributed by atoms with Crippen LogP contribution in [0.15, 0.2) is 65.3 Å². The van der Waals surface area contributed by atoms with Crippen LogP contribution in [-0.4, -0.2) is 20.7 Å². The van der Waals surface area contributed by atoms with Gasteiger partial charge in [0.05, 0.1) is 6.54 Å². The van der Waals surface area contributed by atoms with Crippen molar-refractivity contribution in [2.45, 2.75) is 20.1 Å². The number of anilines is 1. The van der Waals surface area contributed by atoms with Crippen molar-refractivity contribution in [3.05, 3.63) is 94.4 Å². The minimum absolute atomic E-state index is 0.112. The Labute approximate surface area is 182 Å². The molecule has 0 aliphatic rings. The summed E-state index contributed by atoms with van der Waals surface area (Å²) in [6.07, 6.45) is 1.48. The lowest BCUT2D eigenvalue weighted by Gasteiger charge is -2.07. The summed E-state index contributed by atoms with van der Waals surface area (Å²) >= 11 is 5.94. The van der Waals surface area contributed by atoms with Gasteiger partial charge in [-0.05, 0) is 60.5 Å². The highest BCUT2D eigenvalue weighted by Crippen LogP contribution is 2.23. The Morgan fingerprint density at radius 2 is 2.00 bits per heavy atom. The maximum atomic E-state index is 13.0. The Bertz CT molecular complexity index is 1200. The number of hydrogen-bond acceptors (Lipinski definition) is 5. The zero-order valence-corrected chi connectivity index (χ0v) is 17.3. The van der Waals surface area contributed by atoms with Gasteiger partial charge in [0, 0.05) is 5.02 Å². The highest BCUT2D eigenvalue weighted by Gasteiger charge is 2.14. The molecule has 0 fully saturated rings. The quantitative estimate of drug-likeness (QED) is 0.444. The van der Waals surface area contributed by atoms with Gasteiger partial charge < -0.3 is 9.15 Å². The Morgan fingerprint density at radius 1 is 1.19 bits per heavy atom. The third-order valence-corrected chi connectivity index (χ3v) is 4.65. The zero-order valence-electron chi connectivity index (χ0n) is 16.5. The van der Waals surface area contributed by atoms with Gasteiger partial charge in [0.1, 0.15) is 30.3 Å². The lowest BCUT2D eigenvalue weighted by molar-refractivity contribution is 0.0991. The lowest BCUT2D eigenvalue weighted by atomic mass is 10.2. The molecule has 0 aliphatic carbocycles. The molecular formula is C22H18ClFN4O3. The topological polar surface area (TPSA) is 82.2 Å². The van der Waals surface area contributed by atoms with Crippen molar-refractivity contribution >= 4 is 23.5 Å². The zero-order chi connectivity index (χ0) is 21.8. The summed E-state index contributed by atoms with van der Waals surface area (Å²) in [6, 6.07) is 14.6. The van der Waals surface area contributed by atoms with E-state index < -0.39 is 5.91 Å². The largest absolute Gasteiger partial charge is 0.485 e. The smallest absolute Gasteiger partial charge is 0.293 e. The standard InChI is InChI=1S/C22H18ClFN4O3/c1-14-10-16(23)4-8-19(14)30-12-18-7-9-20(31-18)21(29)26-22-25-13-28(27-22)11-15-2-5-17(24)6-3-15/h2-10,13H,11-12H2,1H3,(H,26,27,29). The average Bonchev–Trinajstić information content (AvgIpc) is 3.39. The van der Waals surface area contributed by atoms with Gasteiger partial charge in [-0.15, -0.1) is 5.10 Å². The maximum Gasteiger partial charge on any atom is 0.293 e. The van der Waals surface area contributed by atoms with Crippen LogP contribution in [0.25, 0.3) is 0 Å². The van der Waals surface area contributed by atoms with Gasteiger partial charge in [-0.1, -0.05) is 23.7 Å². The number of hydrogen-bond donors (Lipinski definition) is 1. The van der Waals surface area contributed by atoms with Crippen molar-refractivity contribution in [1.82, 2.24) is 14.8 Å². The number of carbonyl (C=O) groups excluding carboxylic acids is 1. The fourth-order valence-corrected chi connectivity index (χ4v) is 3.10. The summed E-state index contributed by atoms with van der Waals surface area (Å²) < 4.78 is 25.8. The number of carbonyl (C=O) groups is 1. The van der Waals surface area contributed by atoms with Crippen LogP contribution in [-0.2, 0) is 13.2 Å². The van der Waals surface area contributed by atoms with Crippen LogP contribution < -0.4 is 10.1 Å². The molecule has 0 saturated carbocycles. The third-order valence-electron chi connectivity index (χ3n) is 4.41. The van der Waals surface area contributed by atoms with Crippen LogP contribution >= 0.6 is 11.6 Å². The molecule has 9 heteroatoms. The molecule has 0 bridgehead atoms. The first kappa shape index (κ1) is 20.6. The van der Waals surface area contributed by atoms with Gasteiger partial charge in [-0.25, -0.2) is 14.1 Å². The number of amides is 1. The summed E-state index contributed by atoms with van der Waals surface area (Å²) in [7, 11) is 0. The molecule has 4 aromatic rings. The molecule has 0 radical (unpaired) electrons. The van der Waals surface area contributed by atoms with E-state index in [1.807, 2.05) is 6.92 Å². The maximum absolute atomic E-state index is 13.0. The Morgan fingerprint density at radius 3 is 2.77 bits per heavy atom. The summed E-state index contributed by atoms with van der Waals surface area (Å²) in [4.78, 5) is 16.5. The second kappa shape index (κ2) is 9.01. The summed E-state index contributed by atoms with van der Waals surface area (Å²) in [6.45, 7) is 2.46. The summed E-state index contributed by atoms with van der Waals surface area (Å²) in [5, 5.41) is 7.42. The van der Waals surface area contributed by atoms with Crippen molar-refractivity contribution in [3.8, 4) is 5.75 Å². The molecule has 31 heavy (non-hydrogen) atoms. The normalized spacial score (nSPS) is 10.8. The first-order chi connectivity index (χ1) is 15.0. The van der Waals surface area contributed by atoms with Gasteiger partial charge in [-0.2, -0.15) is 0 Å². The van der Waals surface area contributed by atoms with E-state index in [4.69, 9.17) is 20.8 Å². The minimum atomic E-state index is -0.478. The second-order valence-electron chi connectivity index (χ2n) is 6.81. The van der Waals surface area contributed by atoms with Crippen LogP contribution in [0.4, 0.5) is 10.3 Å². The monoisotopic (exact) mass is 440 g/mol. The van der Waals surface area contributed by atoms with Crippen molar-refractivity contribution in [2.24, 2.45) is 0 Å². The molecular weight excluding hydrogens is 423 g/mol. The lowest BCUT2D eigenvalue weighted by Crippen LogP contribution is -2.12. The number of rotatable bonds is 7. The predicted octanol–water partition coefficient (Wildman–Crippen LogP) is 4.85. The molecule has 7 nitrogen and oxygen atoms in total. The van der Waals surface area contributed by atoms with Crippen LogP contribution in [0.2, 0.25) is 5.02 Å². The van der Waals surface area contributed by atoms with E-state index in [1.165, 1.54) is 18.5 Å². The molecule has 0 saturated heterocycles. The molecule has 1 N–H and O–H groups in total. The molecule has 0 unspecified atom stereocenters. The Balaban J connectivity index is 1.33. The fourth-order valence-electron chi connectivity index (χ4n) is 2.87. The molecule has 2 heterocycles. The van der Waals surface area contributed by atoms with Crippen molar-refractivity contribution in [1.29, 1.82) is 0 Å². The van der Waals surface area contributed by atoms with Crippen LogP contribution in [0.5, 0.6) is 5.75 Å². The predicted molar refractivity (Wildman–Crippen MR) is 113 cm³/mol.